The Balaban J connectivity index is 2.17. The average molecular weight is 278 g/mol. The molecule has 0 radical (unpaired) electrons. The summed E-state index contributed by atoms with van der Waals surface area (Å²) >= 11 is 1.42. The van der Waals surface area contributed by atoms with Crippen LogP contribution in [0.25, 0.3) is 0 Å². The van der Waals surface area contributed by atoms with Crippen molar-refractivity contribution in [2.45, 2.75) is 33.1 Å². The second-order valence-electron chi connectivity index (χ2n) is 4.63. The molecule has 0 spiro atoms. The molecule has 0 saturated carbocycles. The molecule has 0 aromatic carbocycles. The molecule has 3 nitrogen and oxygen atoms in total. The lowest BCUT2D eigenvalue weighted by Gasteiger charge is -2.10. The fourth-order valence-electron chi connectivity index (χ4n) is 1.56. The zero-order valence-corrected chi connectivity index (χ0v) is 12.5. The molecule has 0 heterocycles. The average Bonchev–Trinajstić information content (AvgIpc) is 2.37. The van der Waals surface area contributed by atoms with E-state index < -0.39 is 0 Å². The van der Waals surface area contributed by atoms with E-state index in [1.54, 1.807) is 0 Å². The van der Waals surface area contributed by atoms with E-state index in [9.17, 15) is 4.79 Å². The molecular formula is C15H22N2OS. The summed E-state index contributed by atoms with van der Waals surface area (Å²) < 4.78 is 0. The van der Waals surface area contributed by atoms with E-state index in [1.165, 1.54) is 22.9 Å². The first-order valence-electron chi connectivity index (χ1n) is 6.47. The molecule has 1 aliphatic carbocycles. The predicted octanol–water partition coefficient (Wildman–Crippen LogP) is 4.08. The van der Waals surface area contributed by atoms with Gasteiger partial charge in [-0.15, -0.1) is 0 Å². The van der Waals surface area contributed by atoms with Crippen LogP contribution in [0.15, 0.2) is 46.4 Å². The van der Waals surface area contributed by atoms with Gasteiger partial charge in [-0.05, 0) is 38.5 Å². The highest BCUT2D eigenvalue weighted by atomic mass is 32.2. The quantitative estimate of drug-likeness (QED) is 0.768. The molecule has 0 bridgehead atoms. The highest BCUT2D eigenvalue weighted by molar-refractivity contribution is 8.05. The van der Waals surface area contributed by atoms with E-state index in [0.29, 0.717) is 11.6 Å². The van der Waals surface area contributed by atoms with Crippen LogP contribution in [0.5, 0.6) is 0 Å². The van der Waals surface area contributed by atoms with Crippen LogP contribution in [0.3, 0.4) is 0 Å². The lowest BCUT2D eigenvalue weighted by molar-refractivity contribution is 0.244. The minimum absolute atomic E-state index is 0.194. The summed E-state index contributed by atoms with van der Waals surface area (Å²) in [4.78, 5) is 11.6. The zero-order valence-electron chi connectivity index (χ0n) is 11.7. The van der Waals surface area contributed by atoms with E-state index in [4.69, 9.17) is 0 Å². The number of nitrogens with one attached hydrogen (secondary N) is 2. The first-order valence-corrected chi connectivity index (χ1v) is 7.35. The summed E-state index contributed by atoms with van der Waals surface area (Å²) in [5.74, 6) is 0. The first kappa shape index (κ1) is 15.6. The zero-order chi connectivity index (χ0) is 14.1. The number of amides is 2. The van der Waals surface area contributed by atoms with Gasteiger partial charge in [0.05, 0.1) is 5.03 Å². The maximum absolute atomic E-state index is 11.6. The summed E-state index contributed by atoms with van der Waals surface area (Å²) in [6.45, 7) is 8.44. The first-order chi connectivity index (χ1) is 9.08. The van der Waals surface area contributed by atoms with Crippen LogP contribution < -0.4 is 10.6 Å². The SMILES string of the molecule is C=C(NC(=O)NCCC1=CCCC=C1)SC=C(C)C. The van der Waals surface area contributed by atoms with Crippen molar-refractivity contribution in [3.05, 3.63) is 46.4 Å². The van der Waals surface area contributed by atoms with Crippen LogP contribution in [0.2, 0.25) is 0 Å². The Labute approximate surface area is 119 Å². The van der Waals surface area contributed by atoms with Gasteiger partial charge >= 0.3 is 6.03 Å². The third kappa shape index (κ3) is 7.57. The minimum atomic E-state index is -0.194. The Morgan fingerprint density at radius 2 is 2.26 bits per heavy atom. The molecular weight excluding hydrogens is 256 g/mol. The normalized spacial score (nSPS) is 13.5. The van der Waals surface area contributed by atoms with Crippen molar-refractivity contribution < 1.29 is 4.79 Å². The number of hydrogen-bond donors (Lipinski definition) is 2. The lowest BCUT2D eigenvalue weighted by Crippen LogP contribution is -2.34. The van der Waals surface area contributed by atoms with Crippen molar-refractivity contribution in [3.8, 4) is 0 Å². The predicted molar refractivity (Wildman–Crippen MR) is 83.8 cm³/mol. The maximum atomic E-state index is 11.6. The molecule has 1 aliphatic rings. The van der Waals surface area contributed by atoms with E-state index in [2.05, 4.69) is 35.4 Å². The number of rotatable bonds is 6. The second-order valence-corrected chi connectivity index (χ2v) is 5.59. The largest absolute Gasteiger partial charge is 0.338 e. The molecule has 0 unspecified atom stereocenters. The molecule has 19 heavy (non-hydrogen) atoms. The summed E-state index contributed by atoms with van der Waals surface area (Å²) in [7, 11) is 0. The number of allylic oxidation sites excluding steroid dienone is 4. The van der Waals surface area contributed by atoms with Crippen molar-refractivity contribution in [1.29, 1.82) is 0 Å². The summed E-state index contributed by atoms with van der Waals surface area (Å²) in [5, 5.41) is 8.13. The van der Waals surface area contributed by atoms with Gasteiger partial charge in [-0.3, -0.25) is 0 Å². The molecule has 104 valence electrons. The van der Waals surface area contributed by atoms with Crippen LogP contribution in [0, 0.1) is 0 Å². The van der Waals surface area contributed by atoms with Gasteiger partial charge in [0, 0.05) is 6.54 Å². The third-order valence-corrected chi connectivity index (χ3v) is 3.44. The van der Waals surface area contributed by atoms with Crippen LogP contribution in [0.1, 0.15) is 33.1 Å². The molecule has 2 N–H and O–H groups in total. The Kier molecular flexibility index (Phi) is 7.11. The van der Waals surface area contributed by atoms with Crippen molar-refractivity contribution in [2.24, 2.45) is 0 Å². The molecule has 2 amide bonds. The number of hydrogen-bond acceptors (Lipinski definition) is 2. The van der Waals surface area contributed by atoms with E-state index >= 15 is 0 Å². The van der Waals surface area contributed by atoms with Crippen molar-refractivity contribution in [1.82, 2.24) is 10.6 Å². The van der Waals surface area contributed by atoms with Gasteiger partial charge in [-0.25, -0.2) is 4.79 Å². The van der Waals surface area contributed by atoms with Gasteiger partial charge in [0.2, 0.25) is 0 Å². The number of carbonyl (C=O) groups excluding carboxylic acids is 1. The van der Waals surface area contributed by atoms with Crippen LogP contribution in [-0.4, -0.2) is 12.6 Å². The molecule has 0 saturated heterocycles. The van der Waals surface area contributed by atoms with Crippen molar-refractivity contribution in [2.75, 3.05) is 6.54 Å². The monoisotopic (exact) mass is 278 g/mol. The molecule has 1 rings (SSSR count). The van der Waals surface area contributed by atoms with Gasteiger partial charge in [0.1, 0.15) is 0 Å². The second kappa shape index (κ2) is 8.64. The van der Waals surface area contributed by atoms with Crippen LogP contribution in [-0.2, 0) is 0 Å². The van der Waals surface area contributed by atoms with Crippen LogP contribution in [0.4, 0.5) is 4.79 Å². The molecule has 4 heteroatoms. The summed E-state index contributed by atoms with van der Waals surface area (Å²) in [6.07, 6.45) is 9.63. The van der Waals surface area contributed by atoms with Crippen molar-refractivity contribution in [3.63, 3.8) is 0 Å². The minimum Gasteiger partial charge on any atom is -0.338 e. The number of thioether (sulfide) groups is 1. The fourth-order valence-corrected chi connectivity index (χ4v) is 2.09. The van der Waals surface area contributed by atoms with Gasteiger partial charge < -0.3 is 10.6 Å². The lowest BCUT2D eigenvalue weighted by atomic mass is 10.0. The Morgan fingerprint density at radius 1 is 1.47 bits per heavy atom. The molecule has 0 fully saturated rings. The Hall–Kier alpha value is -1.42. The van der Waals surface area contributed by atoms with Crippen LogP contribution >= 0.6 is 11.8 Å². The highest BCUT2D eigenvalue weighted by Crippen LogP contribution is 2.14. The number of carbonyl (C=O) groups is 1. The van der Waals surface area contributed by atoms with E-state index in [-0.39, 0.29) is 6.03 Å². The smallest absolute Gasteiger partial charge is 0.319 e. The third-order valence-electron chi connectivity index (χ3n) is 2.46. The molecule has 0 aromatic heterocycles. The molecule has 0 aliphatic heterocycles. The number of urea groups is 1. The Morgan fingerprint density at radius 3 is 2.89 bits per heavy atom. The Bertz CT molecular complexity index is 418. The topological polar surface area (TPSA) is 41.1 Å². The van der Waals surface area contributed by atoms with E-state index in [1.807, 2.05) is 19.3 Å². The highest BCUT2D eigenvalue weighted by Gasteiger charge is 2.02. The van der Waals surface area contributed by atoms with Gasteiger partial charge in [-0.2, -0.15) is 0 Å². The summed E-state index contributed by atoms with van der Waals surface area (Å²) in [6, 6.07) is -0.194. The standard InChI is InChI=1S/C15H22N2OS/c1-12(2)11-19-13(3)17-15(18)16-10-9-14-7-5-4-6-8-14/h5,7-8,11H,3-4,6,9-10H2,1-2H3,(H2,16,17,18). The van der Waals surface area contributed by atoms with E-state index in [0.717, 1.165) is 19.3 Å². The maximum Gasteiger partial charge on any atom is 0.319 e. The summed E-state index contributed by atoms with van der Waals surface area (Å²) in [5.41, 5.74) is 2.48. The van der Waals surface area contributed by atoms with Crippen molar-refractivity contribution >= 4 is 17.8 Å². The van der Waals surface area contributed by atoms with Gasteiger partial charge in [0.15, 0.2) is 0 Å². The molecule has 0 atom stereocenters. The fraction of sp³-hybridized carbons (Fsp3) is 0.400. The van der Waals surface area contributed by atoms with Gasteiger partial charge in [0.25, 0.3) is 0 Å². The van der Waals surface area contributed by atoms with Gasteiger partial charge in [-0.1, -0.05) is 47.7 Å². The molecule has 0 aromatic rings.